The van der Waals surface area contributed by atoms with Crippen molar-refractivity contribution in [3.63, 3.8) is 0 Å². The number of hydrogen-bond acceptors (Lipinski definition) is 6. The van der Waals surface area contributed by atoms with Crippen LogP contribution < -0.4 is 5.01 Å². The Kier molecular flexibility index (Phi) is 5.45. The number of nitro groups is 1. The third-order valence-electron chi connectivity index (χ3n) is 3.26. The number of hydrazone groups is 1. The second-order valence-corrected chi connectivity index (χ2v) is 5.25. The van der Waals surface area contributed by atoms with E-state index in [4.69, 9.17) is 16.9 Å². The molecule has 0 aliphatic carbocycles. The summed E-state index contributed by atoms with van der Waals surface area (Å²) in [6, 6.07) is 9.89. The maximum Gasteiger partial charge on any atom is 0.270 e. The molecule has 0 N–H and O–H groups in total. The molecule has 0 radical (unpaired) electrons. The lowest BCUT2D eigenvalue weighted by molar-refractivity contribution is -0.384. The standard InChI is InChI=1S/C16H14ClN5O2/c1-3-21(15-7-11(2)14(9-18)16(17)20-15)19-10-12-5-4-6-13(8-12)22(23)24/h4-8,10H,3H2,1-2H3. The molecular weight excluding hydrogens is 330 g/mol. The first-order chi connectivity index (χ1) is 11.5. The van der Waals surface area contributed by atoms with Crippen molar-refractivity contribution in [3.05, 3.63) is 62.3 Å². The molecule has 2 rings (SSSR count). The molecule has 0 fully saturated rings. The molecule has 1 aromatic heterocycles. The Morgan fingerprint density at radius 1 is 1.50 bits per heavy atom. The maximum atomic E-state index is 10.8. The van der Waals surface area contributed by atoms with Crippen LogP contribution in [0.5, 0.6) is 0 Å². The van der Waals surface area contributed by atoms with Crippen molar-refractivity contribution in [1.29, 1.82) is 5.26 Å². The number of nitrogens with zero attached hydrogens (tertiary/aromatic N) is 5. The lowest BCUT2D eigenvalue weighted by Crippen LogP contribution is -2.17. The minimum Gasteiger partial charge on any atom is -0.258 e. The number of halogens is 1. The Hall–Kier alpha value is -2.98. The smallest absolute Gasteiger partial charge is 0.258 e. The Balaban J connectivity index is 2.31. The van der Waals surface area contributed by atoms with Crippen molar-refractivity contribution in [1.82, 2.24) is 4.98 Å². The Morgan fingerprint density at radius 3 is 2.83 bits per heavy atom. The first-order valence-corrected chi connectivity index (χ1v) is 7.47. The Bertz CT molecular complexity index is 822. The van der Waals surface area contributed by atoms with Gasteiger partial charge < -0.3 is 0 Å². The van der Waals surface area contributed by atoms with Gasteiger partial charge in [-0.05, 0) is 25.5 Å². The van der Waals surface area contributed by atoms with Crippen LogP contribution in [0, 0.1) is 28.4 Å². The van der Waals surface area contributed by atoms with Crippen LogP contribution in [0.25, 0.3) is 0 Å². The van der Waals surface area contributed by atoms with Gasteiger partial charge in [0.1, 0.15) is 11.2 Å². The molecule has 0 bridgehead atoms. The van der Waals surface area contributed by atoms with Crippen molar-refractivity contribution in [3.8, 4) is 6.07 Å². The summed E-state index contributed by atoms with van der Waals surface area (Å²) in [5, 5.41) is 25.9. The average Bonchev–Trinajstić information content (AvgIpc) is 2.55. The molecule has 0 saturated heterocycles. The van der Waals surface area contributed by atoms with E-state index in [0.29, 0.717) is 29.1 Å². The zero-order chi connectivity index (χ0) is 17.7. The molecule has 1 heterocycles. The van der Waals surface area contributed by atoms with Gasteiger partial charge in [-0.1, -0.05) is 23.7 Å². The van der Waals surface area contributed by atoms with E-state index in [2.05, 4.69) is 10.1 Å². The molecule has 24 heavy (non-hydrogen) atoms. The molecule has 7 nitrogen and oxygen atoms in total. The van der Waals surface area contributed by atoms with Crippen LogP contribution in [0.2, 0.25) is 5.15 Å². The van der Waals surface area contributed by atoms with Crippen molar-refractivity contribution >= 4 is 29.3 Å². The van der Waals surface area contributed by atoms with E-state index in [-0.39, 0.29) is 10.8 Å². The summed E-state index contributed by atoms with van der Waals surface area (Å²) in [6.07, 6.45) is 1.51. The number of nitro benzene ring substituents is 1. The number of aromatic nitrogens is 1. The van der Waals surface area contributed by atoms with Crippen LogP contribution in [0.15, 0.2) is 35.4 Å². The Labute approximate surface area is 144 Å². The van der Waals surface area contributed by atoms with Crippen LogP contribution in [0.3, 0.4) is 0 Å². The van der Waals surface area contributed by atoms with E-state index in [1.807, 2.05) is 13.0 Å². The lowest BCUT2D eigenvalue weighted by Gasteiger charge is -2.17. The van der Waals surface area contributed by atoms with Gasteiger partial charge in [0.2, 0.25) is 0 Å². The molecule has 0 atom stereocenters. The first-order valence-electron chi connectivity index (χ1n) is 7.09. The van der Waals surface area contributed by atoms with Gasteiger partial charge in [-0.25, -0.2) is 9.99 Å². The number of hydrogen-bond donors (Lipinski definition) is 0. The fourth-order valence-corrected chi connectivity index (χ4v) is 2.32. The highest BCUT2D eigenvalue weighted by atomic mass is 35.5. The summed E-state index contributed by atoms with van der Waals surface area (Å²) in [5.41, 5.74) is 1.63. The summed E-state index contributed by atoms with van der Waals surface area (Å²) < 4.78 is 0. The molecule has 0 amide bonds. The summed E-state index contributed by atoms with van der Waals surface area (Å²) in [4.78, 5) is 14.5. The largest absolute Gasteiger partial charge is 0.270 e. The number of aryl methyl sites for hydroxylation is 1. The maximum absolute atomic E-state index is 10.8. The van der Waals surface area contributed by atoms with Gasteiger partial charge in [0.05, 0.1) is 16.7 Å². The van der Waals surface area contributed by atoms with Crippen LogP contribution >= 0.6 is 11.6 Å². The summed E-state index contributed by atoms with van der Waals surface area (Å²) in [7, 11) is 0. The van der Waals surface area contributed by atoms with Crippen molar-refractivity contribution in [2.24, 2.45) is 5.10 Å². The minimum atomic E-state index is -0.458. The zero-order valence-corrected chi connectivity index (χ0v) is 13.9. The number of anilines is 1. The fourth-order valence-electron chi connectivity index (χ4n) is 2.04. The number of rotatable bonds is 5. The molecule has 0 unspecified atom stereocenters. The quantitative estimate of drug-likeness (QED) is 0.357. The molecule has 0 saturated carbocycles. The van der Waals surface area contributed by atoms with E-state index in [9.17, 15) is 10.1 Å². The van der Waals surface area contributed by atoms with E-state index < -0.39 is 4.92 Å². The normalized spacial score (nSPS) is 10.6. The molecule has 0 spiro atoms. The minimum absolute atomic E-state index is 0.00242. The predicted octanol–water partition coefficient (Wildman–Crippen LogP) is 3.68. The summed E-state index contributed by atoms with van der Waals surface area (Å²) in [5.74, 6) is 0.501. The predicted molar refractivity (Wildman–Crippen MR) is 92.4 cm³/mol. The van der Waals surface area contributed by atoms with Gasteiger partial charge in [0.15, 0.2) is 5.82 Å². The third-order valence-corrected chi connectivity index (χ3v) is 3.54. The molecule has 122 valence electrons. The highest BCUT2D eigenvalue weighted by Crippen LogP contribution is 2.23. The molecule has 0 aliphatic heterocycles. The van der Waals surface area contributed by atoms with Crippen molar-refractivity contribution < 1.29 is 4.92 Å². The summed E-state index contributed by atoms with van der Waals surface area (Å²) >= 11 is 6.02. The molecule has 8 heteroatoms. The topological polar surface area (TPSA) is 95.4 Å². The van der Waals surface area contributed by atoms with Crippen LogP contribution in [-0.4, -0.2) is 22.7 Å². The van der Waals surface area contributed by atoms with Gasteiger partial charge in [-0.3, -0.25) is 10.1 Å². The molecular formula is C16H14ClN5O2. The zero-order valence-electron chi connectivity index (χ0n) is 13.1. The highest BCUT2D eigenvalue weighted by Gasteiger charge is 2.12. The van der Waals surface area contributed by atoms with Crippen LogP contribution in [-0.2, 0) is 0 Å². The second-order valence-electron chi connectivity index (χ2n) is 4.89. The van der Waals surface area contributed by atoms with Gasteiger partial charge >= 0.3 is 0 Å². The van der Waals surface area contributed by atoms with E-state index in [1.54, 1.807) is 30.1 Å². The monoisotopic (exact) mass is 343 g/mol. The van der Waals surface area contributed by atoms with Crippen molar-refractivity contribution in [2.75, 3.05) is 11.6 Å². The van der Waals surface area contributed by atoms with Gasteiger partial charge in [0, 0.05) is 24.2 Å². The third kappa shape index (κ3) is 3.86. The molecule has 0 aliphatic rings. The van der Waals surface area contributed by atoms with Crippen molar-refractivity contribution in [2.45, 2.75) is 13.8 Å². The number of nitriles is 1. The fraction of sp³-hybridized carbons (Fsp3) is 0.188. The lowest BCUT2D eigenvalue weighted by atomic mass is 10.2. The summed E-state index contributed by atoms with van der Waals surface area (Å²) in [6.45, 7) is 4.17. The van der Waals surface area contributed by atoms with Gasteiger partial charge in [-0.2, -0.15) is 10.4 Å². The van der Waals surface area contributed by atoms with E-state index in [1.165, 1.54) is 18.3 Å². The number of non-ortho nitro benzene ring substituents is 1. The first kappa shape index (κ1) is 17.4. The molecule has 2 aromatic rings. The van der Waals surface area contributed by atoms with Gasteiger partial charge in [-0.15, -0.1) is 0 Å². The van der Waals surface area contributed by atoms with Crippen LogP contribution in [0.1, 0.15) is 23.6 Å². The number of pyridine rings is 1. The molecule has 1 aromatic carbocycles. The van der Waals surface area contributed by atoms with E-state index in [0.717, 1.165) is 0 Å². The highest BCUT2D eigenvalue weighted by molar-refractivity contribution is 6.30. The SMILES string of the molecule is CCN(N=Cc1cccc([N+](=O)[O-])c1)c1cc(C)c(C#N)c(Cl)n1. The second kappa shape index (κ2) is 7.53. The average molecular weight is 344 g/mol. The van der Waals surface area contributed by atoms with Crippen LogP contribution in [0.4, 0.5) is 11.5 Å². The van der Waals surface area contributed by atoms with Gasteiger partial charge in [0.25, 0.3) is 5.69 Å². The number of benzene rings is 1. The Morgan fingerprint density at radius 2 is 2.25 bits per heavy atom. The van der Waals surface area contributed by atoms with E-state index >= 15 is 0 Å².